The molecule has 1 heterocycles. The van der Waals surface area contributed by atoms with Crippen LogP contribution in [0.4, 0.5) is 0 Å². The highest BCUT2D eigenvalue weighted by atomic mass is 79.9. The van der Waals surface area contributed by atoms with Crippen LogP contribution >= 0.6 is 15.9 Å². The van der Waals surface area contributed by atoms with E-state index in [2.05, 4.69) is 26.0 Å². The number of halogens is 1. The molecule has 0 aliphatic heterocycles. The molecule has 0 fully saturated rings. The number of hydrogen-bond donors (Lipinski definition) is 1. The molecule has 1 aromatic carbocycles. The van der Waals surface area contributed by atoms with Gasteiger partial charge in [0, 0.05) is 4.47 Å². The summed E-state index contributed by atoms with van der Waals surface area (Å²) in [6, 6.07) is 10.4. The van der Waals surface area contributed by atoms with Crippen molar-refractivity contribution < 1.29 is 18.7 Å². The van der Waals surface area contributed by atoms with Crippen molar-refractivity contribution in [1.82, 2.24) is 5.32 Å². The van der Waals surface area contributed by atoms with Crippen molar-refractivity contribution in [3.8, 4) is 0 Å². The molecule has 0 atom stereocenters. The van der Waals surface area contributed by atoms with Crippen molar-refractivity contribution >= 4 is 33.9 Å². The third-order valence-corrected chi connectivity index (χ3v) is 3.05. The molecule has 0 bridgehead atoms. The van der Waals surface area contributed by atoms with E-state index in [-0.39, 0.29) is 11.5 Å². The quantitative estimate of drug-likeness (QED) is 0.680. The van der Waals surface area contributed by atoms with Crippen LogP contribution in [0.25, 0.3) is 6.08 Å². The Morgan fingerprint density at radius 1 is 1.29 bits per heavy atom. The van der Waals surface area contributed by atoms with Gasteiger partial charge in [0.1, 0.15) is 5.70 Å². The largest absolute Gasteiger partial charge is 0.464 e. The topological polar surface area (TPSA) is 68.5 Å². The summed E-state index contributed by atoms with van der Waals surface area (Å²) in [4.78, 5) is 23.7. The van der Waals surface area contributed by atoms with Crippen LogP contribution in [0.15, 0.2) is 57.2 Å². The van der Waals surface area contributed by atoms with Gasteiger partial charge in [0.25, 0.3) is 5.91 Å². The zero-order valence-corrected chi connectivity index (χ0v) is 12.7. The number of esters is 1. The molecule has 108 valence electrons. The Kier molecular flexibility index (Phi) is 4.94. The number of ether oxygens (including phenoxy) is 1. The molecule has 5 nitrogen and oxygen atoms in total. The molecule has 0 aliphatic carbocycles. The van der Waals surface area contributed by atoms with Gasteiger partial charge in [-0.05, 0) is 35.9 Å². The Bertz CT molecular complexity index is 677. The van der Waals surface area contributed by atoms with Crippen LogP contribution in [0.2, 0.25) is 0 Å². The minimum absolute atomic E-state index is 0.0250. The van der Waals surface area contributed by atoms with Gasteiger partial charge in [-0.1, -0.05) is 28.1 Å². The second-order valence-electron chi connectivity index (χ2n) is 4.04. The maximum absolute atomic E-state index is 11.9. The molecule has 0 unspecified atom stereocenters. The fraction of sp³-hybridized carbons (Fsp3) is 0.0667. The first-order valence-electron chi connectivity index (χ1n) is 6.00. The molecule has 0 radical (unpaired) electrons. The number of methoxy groups -OCH3 is 1. The highest BCUT2D eigenvalue weighted by Crippen LogP contribution is 2.14. The molecular weight excluding hydrogens is 338 g/mol. The van der Waals surface area contributed by atoms with Gasteiger partial charge in [0.05, 0.1) is 13.4 Å². The Hall–Kier alpha value is -2.34. The van der Waals surface area contributed by atoms with Gasteiger partial charge in [-0.3, -0.25) is 4.79 Å². The van der Waals surface area contributed by atoms with E-state index in [0.717, 1.165) is 10.0 Å². The molecule has 2 rings (SSSR count). The molecule has 0 spiro atoms. The number of benzene rings is 1. The average molecular weight is 350 g/mol. The monoisotopic (exact) mass is 349 g/mol. The first kappa shape index (κ1) is 15.1. The minimum atomic E-state index is -0.644. The van der Waals surface area contributed by atoms with Crippen molar-refractivity contribution in [1.29, 1.82) is 0 Å². The van der Waals surface area contributed by atoms with Crippen molar-refractivity contribution in [2.24, 2.45) is 0 Å². The van der Waals surface area contributed by atoms with Crippen molar-refractivity contribution in [3.63, 3.8) is 0 Å². The summed E-state index contributed by atoms with van der Waals surface area (Å²) < 4.78 is 10.5. The molecule has 1 amide bonds. The normalized spacial score (nSPS) is 11.0. The lowest BCUT2D eigenvalue weighted by molar-refractivity contribution is -0.136. The molecule has 1 N–H and O–H groups in total. The van der Waals surface area contributed by atoms with E-state index in [0.29, 0.717) is 0 Å². The smallest absolute Gasteiger partial charge is 0.354 e. The van der Waals surface area contributed by atoms with Crippen LogP contribution in [0.3, 0.4) is 0 Å². The van der Waals surface area contributed by atoms with Gasteiger partial charge in [0.2, 0.25) is 0 Å². The number of amides is 1. The van der Waals surface area contributed by atoms with E-state index in [1.165, 1.54) is 25.5 Å². The van der Waals surface area contributed by atoms with Crippen molar-refractivity contribution in [2.75, 3.05) is 7.11 Å². The summed E-state index contributed by atoms with van der Waals surface area (Å²) in [7, 11) is 1.25. The van der Waals surface area contributed by atoms with Gasteiger partial charge in [-0.2, -0.15) is 0 Å². The van der Waals surface area contributed by atoms with Gasteiger partial charge in [0.15, 0.2) is 5.76 Å². The fourth-order valence-corrected chi connectivity index (χ4v) is 2.03. The van der Waals surface area contributed by atoms with Crippen LogP contribution in [-0.4, -0.2) is 19.0 Å². The van der Waals surface area contributed by atoms with Crippen LogP contribution in [0.5, 0.6) is 0 Å². The van der Waals surface area contributed by atoms with Crippen molar-refractivity contribution in [2.45, 2.75) is 0 Å². The first-order chi connectivity index (χ1) is 10.1. The van der Waals surface area contributed by atoms with E-state index < -0.39 is 11.9 Å². The van der Waals surface area contributed by atoms with E-state index in [4.69, 9.17) is 4.42 Å². The number of carbonyl (C=O) groups excluding carboxylic acids is 2. The molecule has 1 aromatic heterocycles. The van der Waals surface area contributed by atoms with E-state index in [1.54, 1.807) is 12.1 Å². The van der Waals surface area contributed by atoms with Gasteiger partial charge >= 0.3 is 5.97 Å². The summed E-state index contributed by atoms with van der Waals surface area (Å²) in [6.45, 7) is 0. The van der Waals surface area contributed by atoms with Crippen LogP contribution in [-0.2, 0) is 9.53 Å². The lowest BCUT2D eigenvalue weighted by Gasteiger charge is -2.07. The molecular formula is C15H12BrNO4. The van der Waals surface area contributed by atoms with E-state index >= 15 is 0 Å². The summed E-state index contributed by atoms with van der Waals surface area (Å²) in [5, 5.41) is 2.48. The lowest BCUT2D eigenvalue weighted by Crippen LogP contribution is -2.27. The predicted molar refractivity (Wildman–Crippen MR) is 80.3 cm³/mol. The van der Waals surface area contributed by atoms with Crippen molar-refractivity contribution in [3.05, 3.63) is 64.2 Å². The lowest BCUT2D eigenvalue weighted by atomic mass is 10.2. The van der Waals surface area contributed by atoms with Gasteiger partial charge in [-0.25, -0.2) is 4.79 Å². The number of rotatable bonds is 4. The number of carbonyl (C=O) groups is 2. The number of nitrogens with one attached hydrogen (secondary N) is 1. The average Bonchev–Trinajstić information content (AvgIpc) is 3.00. The van der Waals surface area contributed by atoms with Crippen LogP contribution in [0.1, 0.15) is 16.1 Å². The second kappa shape index (κ2) is 6.90. The highest BCUT2D eigenvalue weighted by molar-refractivity contribution is 9.10. The summed E-state index contributed by atoms with van der Waals surface area (Å²) in [5.74, 6) is -1.06. The summed E-state index contributed by atoms with van der Waals surface area (Å²) >= 11 is 3.34. The SMILES string of the molecule is COC(=O)/C(=C/c1cccc(Br)c1)NC(=O)c1ccco1. The number of hydrogen-bond acceptors (Lipinski definition) is 4. The summed E-state index contributed by atoms with van der Waals surface area (Å²) in [5.41, 5.74) is 0.765. The summed E-state index contributed by atoms with van der Waals surface area (Å²) in [6.07, 6.45) is 2.90. The molecule has 0 saturated heterocycles. The van der Waals surface area contributed by atoms with Crippen LogP contribution in [0, 0.1) is 0 Å². The standard InChI is InChI=1S/C15H12BrNO4/c1-20-15(19)12(9-10-4-2-5-11(16)8-10)17-14(18)13-6-3-7-21-13/h2-9H,1H3,(H,17,18)/b12-9-. The maximum Gasteiger partial charge on any atom is 0.354 e. The zero-order chi connectivity index (χ0) is 15.2. The molecule has 2 aromatic rings. The maximum atomic E-state index is 11.9. The Balaban J connectivity index is 2.26. The Labute approximate surface area is 129 Å². The molecule has 0 saturated carbocycles. The first-order valence-corrected chi connectivity index (χ1v) is 6.80. The predicted octanol–water partition coefficient (Wildman–Crippen LogP) is 2.99. The highest BCUT2D eigenvalue weighted by Gasteiger charge is 2.16. The third-order valence-electron chi connectivity index (χ3n) is 2.56. The van der Waals surface area contributed by atoms with E-state index in [9.17, 15) is 9.59 Å². The van der Waals surface area contributed by atoms with Gasteiger partial charge in [-0.15, -0.1) is 0 Å². The zero-order valence-electron chi connectivity index (χ0n) is 11.1. The number of furan rings is 1. The molecule has 0 aliphatic rings. The fourth-order valence-electron chi connectivity index (χ4n) is 1.61. The van der Waals surface area contributed by atoms with Crippen LogP contribution < -0.4 is 5.32 Å². The molecule has 6 heteroatoms. The Morgan fingerprint density at radius 2 is 2.10 bits per heavy atom. The van der Waals surface area contributed by atoms with E-state index in [1.807, 2.05) is 18.2 Å². The molecule has 21 heavy (non-hydrogen) atoms. The minimum Gasteiger partial charge on any atom is -0.464 e. The van der Waals surface area contributed by atoms with Gasteiger partial charge < -0.3 is 14.5 Å². The second-order valence-corrected chi connectivity index (χ2v) is 4.95. The third kappa shape index (κ3) is 4.06. The Morgan fingerprint density at radius 3 is 2.71 bits per heavy atom.